The zero-order chi connectivity index (χ0) is 22.5. The van der Waals surface area contributed by atoms with Gasteiger partial charge in [-0.15, -0.1) is 0 Å². The Morgan fingerprint density at radius 1 is 1.03 bits per heavy atom. The Morgan fingerprint density at radius 2 is 1.71 bits per heavy atom. The summed E-state index contributed by atoms with van der Waals surface area (Å²) in [6, 6.07) is 14.9. The van der Waals surface area contributed by atoms with Gasteiger partial charge in [-0.3, -0.25) is 14.6 Å². The van der Waals surface area contributed by atoms with Gasteiger partial charge in [0.25, 0.3) is 0 Å². The number of nitrogens with zero attached hydrogens (tertiary/aromatic N) is 1. The molecule has 5 N–H and O–H groups in total. The molecule has 0 aliphatic heterocycles. The summed E-state index contributed by atoms with van der Waals surface area (Å²) >= 11 is 0. The number of carbonyl (C=O) groups excluding carboxylic acids is 2. The summed E-state index contributed by atoms with van der Waals surface area (Å²) in [5.74, 6) is -0.358. The molecule has 166 valence electrons. The summed E-state index contributed by atoms with van der Waals surface area (Å²) in [6.07, 6.45) is 1.06. The molecule has 2 aromatic rings. The molecule has 0 saturated carbocycles. The third kappa shape index (κ3) is 9.86. The second-order valence-corrected chi connectivity index (χ2v) is 7.22. The SMILES string of the molecule is CC(N)=NCCC[C@H](NC(=O)CNCc1ccc(F)cc1)C(=O)NCc1ccccc1. The first-order chi connectivity index (χ1) is 14.9. The van der Waals surface area contributed by atoms with Gasteiger partial charge in [-0.2, -0.15) is 0 Å². The Labute approximate surface area is 182 Å². The van der Waals surface area contributed by atoms with E-state index in [1.54, 1.807) is 19.1 Å². The standard InChI is InChI=1S/C23H30FN5O2/c1-17(25)27-13-5-8-21(23(31)28-15-18-6-3-2-4-7-18)29-22(30)16-26-14-19-9-11-20(24)12-10-19/h2-4,6-7,9-12,21,26H,5,8,13-16H2,1H3,(H2,25,27)(H,28,31)(H,29,30)/t21-/m0/s1. The van der Waals surface area contributed by atoms with Crippen LogP contribution in [0.1, 0.15) is 30.9 Å². The molecule has 0 aromatic heterocycles. The molecule has 31 heavy (non-hydrogen) atoms. The molecule has 0 aliphatic carbocycles. The van der Waals surface area contributed by atoms with Crippen molar-refractivity contribution >= 4 is 17.6 Å². The molecule has 2 aromatic carbocycles. The first-order valence-corrected chi connectivity index (χ1v) is 10.3. The van der Waals surface area contributed by atoms with E-state index in [0.717, 1.165) is 11.1 Å². The Morgan fingerprint density at radius 3 is 2.39 bits per heavy atom. The minimum atomic E-state index is -0.669. The monoisotopic (exact) mass is 427 g/mol. The van der Waals surface area contributed by atoms with Crippen LogP contribution in [0.3, 0.4) is 0 Å². The lowest BCUT2D eigenvalue weighted by Crippen LogP contribution is -2.48. The number of nitrogens with two attached hydrogens (primary N) is 1. The van der Waals surface area contributed by atoms with Crippen molar-refractivity contribution in [1.29, 1.82) is 0 Å². The average Bonchev–Trinajstić information content (AvgIpc) is 2.76. The van der Waals surface area contributed by atoms with Crippen LogP contribution in [0.25, 0.3) is 0 Å². The summed E-state index contributed by atoms with van der Waals surface area (Å²) in [7, 11) is 0. The smallest absolute Gasteiger partial charge is 0.242 e. The minimum Gasteiger partial charge on any atom is -0.388 e. The lowest BCUT2D eigenvalue weighted by molar-refractivity contribution is -0.128. The molecular weight excluding hydrogens is 397 g/mol. The summed E-state index contributed by atoms with van der Waals surface area (Å²) < 4.78 is 13.0. The van der Waals surface area contributed by atoms with Gasteiger partial charge in [-0.1, -0.05) is 42.5 Å². The number of hydrogen-bond donors (Lipinski definition) is 4. The van der Waals surface area contributed by atoms with Crippen molar-refractivity contribution in [1.82, 2.24) is 16.0 Å². The Bertz CT molecular complexity index is 852. The Balaban J connectivity index is 1.84. The van der Waals surface area contributed by atoms with E-state index < -0.39 is 6.04 Å². The van der Waals surface area contributed by atoms with Crippen LogP contribution in [0.2, 0.25) is 0 Å². The largest absolute Gasteiger partial charge is 0.388 e. The third-order valence-electron chi connectivity index (χ3n) is 4.50. The predicted molar refractivity (Wildman–Crippen MR) is 120 cm³/mol. The summed E-state index contributed by atoms with van der Waals surface area (Å²) in [5, 5.41) is 8.66. The molecular formula is C23H30FN5O2. The van der Waals surface area contributed by atoms with Gasteiger partial charge in [0, 0.05) is 19.6 Å². The summed E-state index contributed by atoms with van der Waals surface area (Å²) in [6.45, 7) is 3.04. The van der Waals surface area contributed by atoms with Gasteiger partial charge in [0.1, 0.15) is 11.9 Å². The number of halogens is 1. The molecule has 0 spiro atoms. The number of benzene rings is 2. The Kier molecular flexibility index (Phi) is 10.2. The highest BCUT2D eigenvalue weighted by Crippen LogP contribution is 2.03. The second-order valence-electron chi connectivity index (χ2n) is 7.22. The molecule has 8 heteroatoms. The normalized spacial score (nSPS) is 12.3. The first-order valence-electron chi connectivity index (χ1n) is 10.3. The quantitative estimate of drug-likeness (QED) is 0.236. The van der Waals surface area contributed by atoms with E-state index in [4.69, 9.17) is 5.73 Å². The van der Waals surface area contributed by atoms with Crippen molar-refractivity contribution in [3.05, 3.63) is 71.5 Å². The molecule has 0 aliphatic rings. The van der Waals surface area contributed by atoms with Crippen LogP contribution in [0, 0.1) is 5.82 Å². The fraction of sp³-hybridized carbons (Fsp3) is 0.348. The maximum absolute atomic E-state index is 13.0. The van der Waals surface area contributed by atoms with Gasteiger partial charge in [-0.05, 0) is 43.0 Å². The van der Waals surface area contributed by atoms with Crippen molar-refractivity contribution in [3.63, 3.8) is 0 Å². The lowest BCUT2D eigenvalue weighted by Gasteiger charge is -2.18. The highest BCUT2D eigenvalue weighted by atomic mass is 19.1. The molecule has 0 bridgehead atoms. The number of amides is 2. The molecule has 1 atom stereocenters. The van der Waals surface area contributed by atoms with Crippen molar-refractivity contribution in [2.24, 2.45) is 10.7 Å². The lowest BCUT2D eigenvalue weighted by atomic mass is 10.1. The van der Waals surface area contributed by atoms with Crippen molar-refractivity contribution in [2.45, 2.75) is 38.9 Å². The van der Waals surface area contributed by atoms with Crippen molar-refractivity contribution in [2.75, 3.05) is 13.1 Å². The van der Waals surface area contributed by atoms with Crippen LogP contribution in [0.4, 0.5) is 4.39 Å². The van der Waals surface area contributed by atoms with E-state index in [9.17, 15) is 14.0 Å². The van der Waals surface area contributed by atoms with Gasteiger partial charge in [0.2, 0.25) is 11.8 Å². The number of amidine groups is 1. The third-order valence-corrected chi connectivity index (χ3v) is 4.50. The Hall–Kier alpha value is -3.26. The fourth-order valence-corrected chi connectivity index (χ4v) is 2.90. The maximum Gasteiger partial charge on any atom is 0.242 e. The van der Waals surface area contributed by atoms with Crippen LogP contribution in [-0.4, -0.2) is 36.8 Å². The fourth-order valence-electron chi connectivity index (χ4n) is 2.90. The van der Waals surface area contributed by atoms with Gasteiger partial charge in [0.15, 0.2) is 0 Å². The van der Waals surface area contributed by atoms with E-state index in [-0.39, 0.29) is 24.2 Å². The first kappa shape index (κ1) is 24.0. The zero-order valence-corrected chi connectivity index (χ0v) is 17.7. The van der Waals surface area contributed by atoms with E-state index in [1.807, 2.05) is 30.3 Å². The van der Waals surface area contributed by atoms with Gasteiger partial charge in [0.05, 0.1) is 12.4 Å². The number of aliphatic imine (C=N–C) groups is 1. The molecule has 2 amide bonds. The minimum absolute atomic E-state index is 0.0416. The number of hydrogen-bond acceptors (Lipinski definition) is 4. The predicted octanol–water partition coefficient (Wildman–Crippen LogP) is 1.87. The highest BCUT2D eigenvalue weighted by molar-refractivity contribution is 5.88. The van der Waals surface area contributed by atoms with Crippen LogP contribution in [0.5, 0.6) is 0 Å². The van der Waals surface area contributed by atoms with Crippen LogP contribution in [0.15, 0.2) is 59.6 Å². The second kappa shape index (κ2) is 13.1. The molecule has 0 fully saturated rings. The molecule has 2 rings (SSSR count). The van der Waals surface area contributed by atoms with E-state index >= 15 is 0 Å². The van der Waals surface area contributed by atoms with Crippen molar-refractivity contribution < 1.29 is 14.0 Å². The zero-order valence-electron chi connectivity index (χ0n) is 17.7. The summed E-state index contributed by atoms with van der Waals surface area (Å²) in [5.41, 5.74) is 7.38. The van der Waals surface area contributed by atoms with Gasteiger partial charge in [-0.25, -0.2) is 4.39 Å². The molecule has 0 radical (unpaired) electrons. The number of rotatable bonds is 12. The van der Waals surface area contributed by atoms with Crippen LogP contribution in [-0.2, 0) is 22.7 Å². The molecule has 7 nitrogen and oxygen atoms in total. The van der Waals surface area contributed by atoms with Crippen LogP contribution < -0.4 is 21.7 Å². The molecule has 0 saturated heterocycles. The maximum atomic E-state index is 13.0. The van der Waals surface area contributed by atoms with Crippen molar-refractivity contribution in [3.8, 4) is 0 Å². The molecule has 0 heterocycles. The number of nitrogens with one attached hydrogen (secondary N) is 3. The number of carbonyl (C=O) groups is 2. The average molecular weight is 428 g/mol. The van der Waals surface area contributed by atoms with Gasteiger partial charge < -0.3 is 21.7 Å². The highest BCUT2D eigenvalue weighted by Gasteiger charge is 2.20. The van der Waals surface area contributed by atoms with E-state index in [1.165, 1.54) is 12.1 Å². The van der Waals surface area contributed by atoms with E-state index in [2.05, 4.69) is 20.9 Å². The van der Waals surface area contributed by atoms with Crippen LogP contribution >= 0.6 is 0 Å². The van der Waals surface area contributed by atoms with E-state index in [0.29, 0.717) is 38.3 Å². The molecule has 0 unspecified atom stereocenters. The van der Waals surface area contributed by atoms with Gasteiger partial charge >= 0.3 is 0 Å². The summed E-state index contributed by atoms with van der Waals surface area (Å²) in [4.78, 5) is 29.2. The topological polar surface area (TPSA) is 109 Å².